The molecule has 2 heterocycles. The number of Topliss-reactive ketones (excluding diaryl/α,β-unsaturated/α-hetero) is 1. The summed E-state index contributed by atoms with van der Waals surface area (Å²) in [6.07, 6.45) is 0. The van der Waals surface area contributed by atoms with Crippen LogP contribution in [0.2, 0.25) is 0 Å². The van der Waals surface area contributed by atoms with E-state index in [1.807, 2.05) is 38.5 Å². The number of hydrogen-bond acceptors (Lipinski definition) is 4. The van der Waals surface area contributed by atoms with Crippen molar-refractivity contribution in [1.29, 1.82) is 0 Å². The molecule has 0 amide bonds. The molecule has 2 rings (SSSR count). The number of carbonyl (C=O) groups excluding carboxylic acids is 1. The van der Waals surface area contributed by atoms with E-state index in [-0.39, 0.29) is 5.78 Å². The second-order valence-electron chi connectivity index (χ2n) is 5.55. The Morgan fingerprint density at radius 2 is 1.95 bits per heavy atom. The average Bonchev–Trinajstić information content (AvgIpc) is 2.88. The monoisotopic (exact) mass is 306 g/mol. The van der Waals surface area contributed by atoms with Crippen molar-refractivity contribution in [2.45, 2.75) is 45.8 Å². The molecule has 0 fully saturated rings. The molecule has 0 aliphatic carbocycles. The number of aromatic nitrogens is 4. The summed E-state index contributed by atoms with van der Waals surface area (Å²) >= 11 is 1.43. The number of hydrogen-bond donors (Lipinski definition) is 0. The van der Waals surface area contributed by atoms with Crippen molar-refractivity contribution in [1.82, 2.24) is 19.3 Å². The number of carbonyl (C=O) groups is 1. The maximum atomic E-state index is 12.5. The molecule has 0 aliphatic heterocycles. The van der Waals surface area contributed by atoms with Gasteiger partial charge in [0.1, 0.15) is 5.82 Å². The fourth-order valence-corrected chi connectivity index (χ4v) is 3.42. The third kappa shape index (κ3) is 3.05. The molecule has 21 heavy (non-hydrogen) atoms. The Labute approximate surface area is 129 Å². The summed E-state index contributed by atoms with van der Waals surface area (Å²) in [6.45, 7) is 10.2. The number of ketones is 1. The molecule has 0 atom stereocenters. The van der Waals surface area contributed by atoms with Gasteiger partial charge in [0.15, 0.2) is 10.9 Å². The molecule has 0 saturated heterocycles. The lowest BCUT2D eigenvalue weighted by atomic mass is 10.2. The van der Waals surface area contributed by atoms with Crippen LogP contribution in [-0.2, 0) is 7.05 Å². The zero-order valence-corrected chi connectivity index (χ0v) is 14.3. The highest BCUT2D eigenvalue weighted by Crippen LogP contribution is 2.23. The second-order valence-corrected chi connectivity index (χ2v) is 6.49. The lowest BCUT2D eigenvalue weighted by molar-refractivity contribution is 0.102. The molecule has 2 aromatic rings. The van der Waals surface area contributed by atoms with Crippen molar-refractivity contribution in [2.24, 2.45) is 7.05 Å². The number of rotatable bonds is 5. The van der Waals surface area contributed by atoms with Crippen molar-refractivity contribution in [3.63, 3.8) is 0 Å². The van der Waals surface area contributed by atoms with Gasteiger partial charge < -0.3 is 9.13 Å². The van der Waals surface area contributed by atoms with Gasteiger partial charge in [0.25, 0.3) is 0 Å². The molecule has 0 spiro atoms. The fourth-order valence-electron chi connectivity index (χ4n) is 2.58. The minimum absolute atomic E-state index is 0.139. The normalized spacial score (nSPS) is 11.4. The first-order valence-electron chi connectivity index (χ1n) is 7.03. The molecule has 5 nitrogen and oxygen atoms in total. The highest BCUT2D eigenvalue weighted by molar-refractivity contribution is 7.99. The molecule has 0 N–H and O–H groups in total. The standard InChI is InChI=1S/C15H22N4OS/c1-9(2)19-10(3)7-13(11(19)4)14(20)8-21-15-17-16-12(5)18(15)6/h7,9H,8H2,1-6H3. The van der Waals surface area contributed by atoms with Crippen LogP contribution in [0.4, 0.5) is 0 Å². The van der Waals surface area contributed by atoms with Gasteiger partial charge in [0, 0.05) is 30.0 Å². The zero-order valence-electron chi connectivity index (χ0n) is 13.5. The van der Waals surface area contributed by atoms with Gasteiger partial charge in [0.2, 0.25) is 0 Å². The predicted octanol–water partition coefficient (Wildman–Crippen LogP) is 3.10. The van der Waals surface area contributed by atoms with Crippen molar-refractivity contribution in [3.8, 4) is 0 Å². The summed E-state index contributed by atoms with van der Waals surface area (Å²) in [5, 5.41) is 8.85. The average molecular weight is 306 g/mol. The van der Waals surface area contributed by atoms with Gasteiger partial charge in [-0.1, -0.05) is 11.8 Å². The van der Waals surface area contributed by atoms with Crippen LogP contribution in [0.1, 0.15) is 47.5 Å². The maximum Gasteiger partial charge on any atom is 0.191 e. The van der Waals surface area contributed by atoms with E-state index in [2.05, 4.69) is 28.6 Å². The zero-order chi connectivity index (χ0) is 15.7. The molecular formula is C15H22N4OS. The summed E-state index contributed by atoms with van der Waals surface area (Å²) in [5.41, 5.74) is 2.99. The molecule has 0 aliphatic rings. The smallest absolute Gasteiger partial charge is 0.191 e. The molecule has 2 aromatic heterocycles. The first kappa shape index (κ1) is 15.8. The molecule has 6 heteroatoms. The van der Waals surface area contributed by atoms with E-state index in [1.165, 1.54) is 11.8 Å². The summed E-state index contributed by atoms with van der Waals surface area (Å²) in [5.74, 6) is 1.37. The van der Waals surface area contributed by atoms with Crippen molar-refractivity contribution in [2.75, 3.05) is 5.75 Å². The minimum atomic E-state index is 0.139. The summed E-state index contributed by atoms with van der Waals surface area (Å²) < 4.78 is 4.10. The van der Waals surface area contributed by atoms with Crippen LogP contribution < -0.4 is 0 Å². The molecule has 114 valence electrons. The summed E-state index contributed by atoms with van der Waals surface area (Å²) in [4.78, 5) is 12.5. The fraction of sp³-hybridized carbons (Fsp3) is 0.533. The Balaban J connectivity index is 2.14. The lowest BCUT2D eigenvalue weighted by Gasteiger charge is -2.13. The molecule has 0 aromatic carbocycles. The lowest BCUT2D eigenvalue weighted by Crippen LogP contribution is -2.08. The van der Waals surface area contributed by atoms with E-state index >= 15 is 0 Å². The SMILES string of the molecule is Cc1nnc(SCC(=O)c2cc(C)n(C(C)C)c2C)n1C. The second kappa shape index (κ2) is 6.05. The Kier molecular flexibility index (Phi) is 4.56. The van der Waals surface area contributed by atoms with Gasteiger partial charge in [-0.05, 0) is 40.7 Å². The number of aryl methyl sites for hydroxylation is 2. The molecule has 0 saturated carbocycles. The van der Waals surface area contributed by atoms with Gasteiger partial charge in [0.05, 0.1) is 5.75 Å². The predicted molar refractivity (Wildman–Crippen MR) is 85.1 cm³/mol. The summed E-state index contributed by atoms with van der Waals surface area (Å²) in [7, 11) is 1.91. The van der Waals surface area contributed by atoms with Crippen molar-refractivity contribution >= 4 is 17.5 Å². The highest BCUT2D eigenvalue weighted by Gasteiger charge is 2.18. The van der Waals surface area contributed by atoms with Gasteiger partial charge >= 0.3 is 0 Å². The van der Waals surface area contributed by atoms with E-state index in [9.17, 15) is 4.79 Å². The van der Waals surface area contributed by atoms with Crippen LogP contribution in [0.3, 0.4) is 0 Å². The maximum absolute atomic E-state index is 12.5. The van der Waals surface area contributed by atoms with E-state index < -0.39 is 0 Å². The van der Waals surface area contributed by atoms with Crippen LogP contribution in [0, 0.1) is 20.8 Å². The van der Waals surface area contributed by atoms with E-state index in [0.29, 0.717) is 11.8 Å². The Bertz CT molecular complexity index is 670. The van der Waals surface area contributed by atoms with Gasteiger partial charge in [-0.3, -0.25) is 4.79 Å². The third-order valence-corrected chi connectivity index (χ3v) is 4.71. The molecule has 0 radical (unpaired) electrons. The summed E-state index contributed by atoms with van der Waals surface area (Å²) in [6, 6.07) is 2.35. The van der Waals surface area contributed by atoms with E-state index in [4.69, 9.17) is 0 Å². The Hall–Kier alpha value is -1.56. The molecule has 0 unspecified atom stereocenters. The van der Waals surface area contributed by atoms with Crippen LogP contribution in [-0.4, -0.2) is 30.9 Å². The Morgan fingerprint density at radius 3 is 2.43 bits per heavy atom. The van der Waals surface area contributed by atoms with E-state index in [0.717, 1.165) is 27.9 Å². The molecule has 0 bridgehead atoms. The Morgan fingerprint density at radius 1 is 1.29 bits per heavy atom. The van der Waals surface area contributed by atoms with E-state index in [1.54, 1.807) is 0 Å². The van der Waals surface area contributed by atoms with Crippen LogP contribution in [0.5, 0.6) is 0 Å². The first-order chi connectivity index (χ1) is 9.82. The minimum Gasteiger partial charge on any atom is -0.346 e. The third-order valence-electron chi connectivity index (χ3n) is 3.69. The topological polar surface area (TPSA) is 52.7 Å². The van der Waals surface area contributed by atoms with Crippen molar-refractivity contribution < 1.29 is 4.79 Å². The highest BCUT2D eigenvalue weighted by atomic mass is 32.2. The largest absolute Gasteiger partial charge is 0.346 e. The van der Waals surface area contributed by atoms with Gasteiger partial charge in [-0.25, -0.2) is 0 Å². The number of nitrogens with zero attached hydrogens (tertiary/aromatic N) is 4. The number of thioether (sulfide) groups is 1. The first-order valence-corrected chi connectivity index (χ1v) is 8.02. The van der Waals surface area contributed by atoms with Crippen LogP contribution in [0.25, 0.3) is 0 Å². The van der Waals surface area contributed by atoms with Gasteiger partial charge in [-0.2, -0.15) is 0 Å². The quantitative estimate of drug-likeness (QED) is 0.629. The van der Waals surface area contributed by atoms with Crippen molar-refractivity contribution in [3.05, 3.63) is 28.8 Å². The van der Waals surface area contributed by atoms with Crippen LogP contribution in [0.15, 0.2) is 11.2 Å². The molecular weight excluding hydrogens is 284 g/mol. The van der Waals surface area contributed by atoms with Crippen LogP contribution >= 0.6 is 11.8 Å². The van der Waals surface area contributed by atoms with Gasteiger partial charge in [-0.15, -0.1) is 10.2 Å².